The zero-order chi connectivity index (χ0) is 12.9. The van der Waals surface area contributed by atoms with E-state index < -0.39 is 0 Å². The van der Waals surface area contributed by atoms with Crippen molar-refractivity contribution >= 4 is 0 Å². The first-order valence-corrected chi connectivity index (χ1v) is 8.98. The molecule has 6 aliphatic carbocycles. The molecule has 0 radical (unpaired) electrons. The van der Waals surface area contributed by atoms with Crippen LogP contribution in [0.2, 0.25) is 0 Å². The van der Waals surface area contributed by atoms with Gasteiger partial charge < -0.3 is 0 Å². The minimum absolute atomic E-state index is 0.650. The molecule has 0 amide bonds. The third-order valence-corrected chi connectivity index (χ3v) is 7.88. The lowest BCUT2D eigenvalue weighted by Gasteiger charge is -2.50. The highest BCUT2D eigenvalue weighted by molar-refractivity contribution is 5.55. The summed E-state index contributed by atoms with van der Waals surface area (Å²) in [6.07, 6.45) is 19.6. The second kappa shape index (κ2) is 3.34. The molecule has 0 nitrogen and oxygen atoms in total. The van der Waals surface area contributed by atoms with Crippen molar-refractivity contribution in [2.45, 2.75) is 51.4 Å². The molecule has 4 atom stereocenters. The molecule has 4 unspecified atom stereocenters. The predicted octanol–water partition coefficient (Wildman–Crippen LogP) is 5.04. The quantitative estimate of drug-likeness (QED) is 0.622. The Hall–Kier alpha value is -0.780. The fourth-order valence-electron chi connectivity index (χ4n) is 6.89. The first-order chi connectivity index (χ1) is 9.86. The van der Waals surface area contributed by atoms with Crippen molar-refractivity contribution in [1.29, 1.82) is 0 Å². The van der Waals surface area contributed by atoms with E-state index in [4.69, 9.17) is 0 Å². The second-order valence-electron chi connectivity index (χ2n) is 8.58. The van der Waals surface area contributed by atoms with Crippen molar-refractivity contribution < 1.29 is 0 Å². The summed E-state index contributed by atoms with van der Waals surface area (Å²) in [5, 5.41) is 0. The van der Waals surface area contributed by atoms with E-state index in [1.807, 2.05) is 11.1 Å². The average molecular weight is 264 g/mol. The van der Waals surface area contributed by atoms with Crippen molar-refractivity contribution in [3.05, 3.63) is 34.9 Å². The first-order valence-electron chi connectivity index (χ1n) is 8.98. The van der Waals surface area contributed by atoms with Crippen LogP contribution in [0.5, 0.6) is 0 Å². The van der Waals surface area contributed by atoms with Crippen molar-refractivity contribution in [1.82, 2.24) is 0 Å². The summed E-state index contributed by atoms with van der Waals surface area (Å²) in [5.74, 6) is 5.04. The van der Waals surface area contributed by atoms with Gasteiger partial charge in [0.25, 0.3) is 0 Å². The largest absolute Gasteiger partial charge is 0.0620 e. The van der Waals surface area contributed by atoms with Crippen LogP contribution >= 0.6 is 0 Å². The molecule has 0 aromatic carbocycles. The van der Waals surface area contributed by atoms with Crippen LogP contribution in [0.15, 0.2) is 34.9 Å². The summed E-state index contributed by atoms with van der Waals surface area (Å²) in [7, 11) is 0. The Morgan fingerprint density at radius 3 is 2.70 bits per heavy atom. The fraction of sp³-hybridized carbons (Fsp3) is 0.700. The van der Waals surface area contributed by atoms with E-state index in [2.05, 4.69) is 18.2 Å². The van der Waals surface area contributed by atoms with Crippen LogP contribution in [-0.4, -0.2) is 0 Å². The number of rotatable bonds is 1. The highest BCUT2D eigenvalue weighted by atomic mass is 14.6. The van der Waals surface area contributed by atoms with E-state index in [0.717, 1.165) is 29.6 Å². The second-order valence-corrected chi connectivity index (χ2v) is 8.58. The molecule has 0 N–H and O–H groups in total. The van der Waals surface area contributed by atoms with Crippen molar-refractivity contribution in [2.24, 2.45) is 35.0 Å². The zero-order valence-electron chi connectivity index (χ0n) is 12.3. The molecule has 0 aliphatic heterocycles. The molecule has 0 heterocycles. The summed E-state index contributed by atoms with van der Waals surface area (Å²) in [6.45, 7) is 0. The SMILES string of the molecule is C1=CC2=C3C4CC4CCC3C2C(C23CCC(CC2)C3)=C1. The third-order valence-electron chi connectivity index (χ3n) is 7.88. The Morgan fingerprint density at radius 2 is 1.90 bits per heavy atom. The van der Waals surface area contributed by atoms with Gasteiger partial charge in [-0.25, -0.2) is 0 Å². The minimum atomic E-state index is 0.650. The predicted molar refractivity (Wildman–Crippen MR) is 81.1 cm³/mol. The maximum absolute atomic E-state index is 2.55. The van der Waals surface area contributed by atoms with E-state index in [-0.39, 0.29) is 0 Å². The van der Waals surface area contributed by atoms with Gasteiger partial charge in [-0.05, 0) is 86.0 Å². The molecule has 0 spiro atoms. The zero-order valence-corrected chi connectivity index (χ0v) is 12.3. The third kappa shape index (κ3) is 1.13. The van der Waals surface area contributed by atoms with E-state index in [0.29, 0.717) is 5.41 Å². The Morgan fingerprint density at radius 1 is 1.00 bits per heavy atom. The van der Waals surface area contributed by atoms with Gasteiger partial charge in [-0.1, -0.05) is 29.4 Å². The number of fused-ring (bicyclic) bond motifs is 7. The maximum atomic E-state index is 2.55. The van der Waals surface area contributed by atoms with Crippen LogP contribution in [-0.2, 0) is 0 Å². The summed E-state index contributed by atoms with van der Waals surface area (Å²) < 4.78 is 0. The highest BCUT2D eigenvalue weighted by Gasteiger charge is 2.58. The molecule has 2 bridgehead atoms. The van der Waals surface area contributed by atoms with Gasteiger partial charge in [-0.2, -0.15) is 0 Å². The van der Waals surface area contributed by atoms with Crippen molar-refractivity contribution in [3.8, 4) is 0 Å². The molecule has 0 aromatic rings. The standard InChI is InChI=1S/C20H24/c1-2-14-18-15(5-4-13-10-16(13)18)19(14)17(3-1)20-8-6-12(11-20)7-9-20/h1-3,12-13,15-16,19H,4-11H2. The summed E-state index contributed by atoms with van der Waals surface area (Å²) >= 11 is 0. The van der Waals surface area contributed by atoms with Gasteiger partial charge in [0.1, 0.15) is 0 Å². The van der Waals surface area contributed by atoms with Crippen molar-refractivity contribution in [3.63, 3.8) is 0 Å². The van der Waals surface area contributed by atoms with Gasteiger partial charge in [-0.3, -0.25) is 0 Å². The molecule has 0 heteroatoms. The first kappa shape index (κ1) is 10.9. The average Bonchev–Trinajstić information content (AvgIpc) is 2.95. The maximum Gasteiger partial charge on any atom is 0.0122 e. The monoisotopic (exact) mass is 264 g/mol. The molecular weight excluding hydrogens is 240 g/mol. The molecule has 104 valence electrons. The molecule has 6 aliphatic rings. The molecule has 4 saturated carbocycles. The minimum Gasteiger partial charge on any atom is -0.0620 e. The van der Waals surface area contributed by atoms with Gasteiger partial charge in [-0.15, -0.1) is 0 Å². The number of hydrogen-bond donors (Lipinski definition) is 0. The van der Waals surface area contributed by atoms with Gasteiger partial charge in [0, 0.05) is 5.92 Å². The number of allylic oxidation sites excluding steroid dienone is 6. The molecule has 6 rings (SSSR count). The Bertz CT molecular complexity index is 579. The normalized spacial score (nSPS) is 54.0. The van der Waals surface area contributed by atoms with Crippen LogP contribution in [0.4, 0.5) is 0 Å². The Labute approximate surface area is 122 Å². The van der Waals surface area contributed by atoms with Crippen LogP contribution in [0.25, 0.3) is 0 Å². The van der Waals surface area contributed by atoms with Crippen molar-refractivity contribution in [2.75, 3.05) is 0 Å². The van der Waals surface area contributed by atoms with E-state index in [9.17, 15) is 0 Å². The lowest BCUT2D eigenvalue weighted by atomic mass is 9.54. The smallest absolute Gasteiger partial charge is 0.0122 e. The molecular formula is C20H24. The Balaban J connectivity index is 1.44. The van der Waals surface area contributed by atoms with Crippen LogP contribution in [0.1, 0.15) is 51.4 Å². The molecule has 4 fully saturated rings. The topological polar surface area (TPSA) is 0 Å². The van der Waals surface area contributed by atoms with E-state index in [1.165, 1.54) is 51.4 Å². The lowest BCUT2D eigenvalue weighted by molar-refractivity contribution is 0.254. The summed E-state index contributed by atoms with van der Waals surface area (Å²) in [6, 6.07) is 0. The summed E-state index contributed by atoms with van der Waals surface area (Å²) in [5.41, 5.74) is 6.27. The van der Waals surface area contributed by atoms with E-state index >= 15 is 0 Å². The number of hydrogen-bond acceptors (Lipinski definition) is 0. The Kier molecular flexibility index (Phi) is 1.82. The van der Waals surface area contributed by atoms with Crippen LogP contribution < -0.4 is 0 Å². The van der Waals surface area contributed by atoms with E-state index in [1.54, 1.807) is 5.57 Å². The van der Waals surface area contributed by atoms with Gasteiger partial charge in [0.2, 0.25) is 0 Å². The van der Waals surface area contributed by atoms with Crippen LogP contribution in [0, 0.1) is 35.0 Å². The van der Waals surface area contributed by atoms with Gasteiger partial charge in [0.15, 0.2) is 0 Å². The lowest BCUT2D eigenvalue weighted by Crippen LogP contribution is -2.40. The molecule has 20 heavy (non-hydrogen) atoms. The summed E-state index contributed by atoms with van der Waals surface area (Å²) in [4.78, 5) is 0. The molecule has 0 aromatic heterocycles. The van der Waals surface area contributed by atoms with Gasteiger partial charge >= 0.3 is 0 Å². The van der Waals surface area contributed by atoms with Gasteiger partial charge in [0.05, 0.1) is 0 Å². The molecule has 0 saturated heterocycles. The fourth-order valence-corrected chi connectivity index (χ4v) is 6.89. The van der Waals surface area contributed by atoms with Crippen LogP contribution in [0.3, 0.4) is 0 Å². The highest BCUT2D eigenvalue weighted by Crippen LogP contribution is 2.69.